The monoisotopic (exact) mass is 281 g/mol. The summed E-state index contributed by atoms with van der Waals surface area (Å²) in [5.74, 6) is 0.999. The van der Waals surface area contributed by atoms with Gasteiger partial charge in [0.1, 0.15) is 0 Å². The van der Waals surface area contributed by atoms with Crippen LogP contribution in [-0.2, 0) is 4.74 Å². The molecule has 0 amide bonds. The lowest BCUT2D eigenvalue weighted by molar-refractivity contribution is 0.105. The number of nitrogens with zero attached hydrogens (tertiary/aromatic N) is 3. The Balaban J connectivity index is 2.17. The second-order valence-electron chi connectivity index (χ2n) is 5.17. The van der Waals surface area contributed by atoms with E-state index in [4.69, 9.17) is 9.47 Å². The van der Waals surface area contributed by atoms with Crippen LogP contribution in [0.2, 0.25) is 0 Å². The molecule has 1 aliphatic rings. The fourth-order valence-corrected chi connectivity index (χ4v) is 2.04. The molecule has 0 bridgehead atoms. The summed E-state index contributed by atoms with van der Waals surface area (Å²) in [6.45, 7) is 7.53. The smallest absolute Gasteiger partial charge is 0.323 e. The van der Waals surface area contributed by atoms with Crippen LogP contribution in [0.15, 0.2) is 0 Å². The van der Waals surface area contributed by atoms with E-state index in [1.165, 1.54) is 0 Å². The first kappa shape index (κ1) is 14.8. The fourth-order valence-electron chi connectivity index (χ4n) is 2.04. The molecule has 20 heavy (non-hydrogen) atoms. The van der Waals surface area contributed by atoms with Gasteiger partial charge in [-0.1, -0.05) is 6.92 Å². The lowest BCUT2D eigenvalue weighted by Crippen LogP contribution is -2.41. The summed E-state index contributed by atoms with van der Waals surface area (Å²) >= 11 is 0. The van der Waals surface area contributed by atoms with Crippen LogP contribution < -0.4 is 15.4 Å². The normalized spacial score (nSPS) is 25.5. The van der Waals surface area contributed by atoms with Crippen molar-refractivity contribution in [3.63, 3.8) is 0 Å². The minimum absolute atomic E-state index is 0.109. The van der Waals surface area contributed by atoms with Crippen LogP contribution in [0, 0.1) is 0 Å². The SMILES string of the molecule is CCCOc1nc(NC)nc(NC2(C)CCOC2C)n1. The van der Waals surface area contributed by atoms with E-state index in [1.54, 1.807) is 7.05 Å². The molecule has 7 heteroatoms. The molecule has 0 aromatic carbocycles. The third-order valence-electron chi connectivity index (χ3n) is 3.56. The average Bonchev–Trinajstić information content (AvgIpc) is 2.75. The van der Waals surface area contributed by atoms with E-state index in [0.717, 1.165) is 19.4 Å². The first-order chi connectivity index (χ1) is 9.57. The van der Waals surface area contributed by atoms with E-state index in [2.05, 4.69) is 39.4 Å². The Labute approximate surface area is 119 Å². The highest BCUT2D eigenvalue weighted by molar-refractivity contribution is 5.38. The molecule has 2 atom stereocenters. The highest BCUT2D eigenvalue weighted by Gasteiger charge is 2.37. The van der Waals surface area contributed by atoms with Gasteiger partial charge < -0.3 is 20.1 Å². The topological polar surface area (TPSA) is 81.2 Å². The van der Waals surface area contributed by atoms with Gasteiger partial charge in [-0.25, -0.2) is 0 Å². The van der Waals surface area contributed by atoms with Crippen molar-refractivity contribution in [3.05, 3.63) is 0 Å². The van der Waals surface area contributed by atoms with Crippen LogP contribution >= 0.6 is 0 Å². The first-order valence-electron chi connectivity index (χ1n) is 7.04. The van der Waals surface area contributed by atoms with Crippen molar-refractivity contribution in [2.75, 3.05) is 30.9 Å². The van der Waals surface area contributed by atoms with Gasteiger partial charge in [-0.2, -0.15) is 15.0 Å². The van der Waals surface area contributed by atoms with Crippen molar-refractivity contribution in [1.29, 1.82) is 0 Å². The summed E-state index contributed by atoms with van der Waals surface area (Å²) in [6.07, 6.45) is 1.93. The molecule has 2 rings (SSSR count). The van der Waals surface area contributed by atoms with Crippen molar-refractivity contribution in [2.24, 2.45) is 0 Å². The van der Waals surface area contributed by atoms with Gasteiger partial charge in [-0.3, -0.25) is 0 Å². The molecule has 2 unspecified atom stereocenters. The maximum atomic E-state index is 5.61. The molecule has 1 aromatic rings. The van der Waals surface area contributed by atoms with E-state index in [1.807, 2.05) is 6.92 Å². The zero-order valence-electron chi connectivity index (χ0n) is 12.6. The lowest BCUT2D eigenvalue weighted by atomic mass is 9.95. The minimum Gasteiger partial charge on any atom is -0.463 e. The van der Waals surface area contributed by atoms with E-state index >= 15 is 0 Å². The maximum Gasteiger partial charge on any atom is 0.323 e. The Hall–Kier alpha value is -1.63. The van der Waals surface area contributed by atoms with Crippen LogP contribution in [0.4, 0.5) is 11.9 Å². The number of nitrogens with one attached hydrogen (secondary N) is 2. The van der Waals surface area contributed by atoms with Crippen molar-refractivity contribution in [3.8, 4) is 6.01 Å². The van der Waals surface area contributed by atoms with Crippen molar-refractivity contribution >= 4 is 11.9 Å². The Morgan fingerprint density at radius 2 is 2.10 bits per heavy atom. The zero-order valence-corrected chi connectivity index (χ0v) is 12.6. The van der Waals surface area contributed by atoms with Crippen LogP contribution in [0.25, 0.3) is 0 Å². The molecule has 1 aliphatic heterocycles. The number of ether oxygens (including phenoxy) is 2. The van der Waals surface area contributed by atoms with Crippen molar-refractivity contribution in [2.45, 2.75) is 45.3 Å². The summed E-state index contributed by atoms with van der Waals surface area (Å²) in [7, 11) is 1.77. The molecule has 0 radical (unpaired) electrons. The summed E-state index contributed by atoms with van der Waals surface area (Å²) in [5.41, 5.74) is -0.172. The molecule has 7 nitrogen and oxygen atoms in total. The summed E-state index contributed by atoms with van der Waals surface area (Å²) in [6, 6.07) is 0.337. The van der Waals surface area contributed by atoms with E-state index in [-0.39, 0.29) is 11.6 Å². The van der Waals surface area contributed by atoms with Gasteiger partial charge in [0.2, 0.25) is 11.9 Å². The fraction of sp³-hybridized carbons (Fsp3) is 0.769. The molecule has 0 saturated carbocycles. The van der Waals surface area contributed by atoms with Gasteiger partial charge in [0, 0.05) is 13.7 Å². The number of rotatable bonds is 6. The van der Waals surface area contributed by atoms with Crippen LogP contribution in [0.5, 0.6) is 6.01 Å². The maximum absolute atomic E-state index is 5.61. The Morgan fingerprint density at radius 3 is 2.70 bits per heavy atom. The Morgan fingerprint density at radius 1 is 1.35 bits per heavy atom. The third kappa shape index (κ3) is 3.27. The highest BCUT2D eigenvalue weighted by atomic mass is 16.5. The lowest BCUT2D eigenvalue weighted by Gasteiger charge is -2.28. The number of aromatic nitrogens is 3. The number of hydrogen-bond donors (Lipinski definition) is 2. The van der Waals surface area contributed by atoms with E-state index in [9.17, 15) is 0 Å². The quantitative estimate of drug-likeness (QED) is 0.821. The Kier molecular flexibility index (Phi) is 4.59. The molecule has 0 aliphatic carbocycles. The predicted molar refractivity (Wildman–Crippen MR) is 77.2 cm³/mol. The molecule has 2 N–H and O–H groups in total. The molecule has 1 fully saturated rings. The van der Waals surface area contributed by atoms with Gasteiger partial charge >= 0.3 is 6.01 Å². The molecule has 1 saturated heterocycles. The first-order valence-corrected chi connectivity index (χ1v) is 7.04. The Bertz CT molecular complexity index is 456. The third-order valence-corrected chi connectivity index (χ3v) is 3.56. The average molecular weight is 281 g/mol. The van der Waals surface area contributed by atoms with Gasteiger partial charge in [-0.15, -0.1) is 0 Å². The van der Waals surface area contributed by atoms with Crippen molar-refractivity contribution in [1.82, 2.24) is 15.0 Å². The van der Waals surface area contributed by atoms with Crippen LogP contribution in [0.3, 0.4) is 0 Å². The minimum atomic E-state index is -0.172. The number of anilines is 2. The highest BCUT2D eigenvalue weighted by Crippen LogP contribution is 2.28. The second kappa shape index (κ2) is 6.21. The van der Waals surface area contributed by atoms with Crippen LogP contribution in [0.1, 0.15) is 33.6 Å². The zero-order chi connectivity index (χ0) is 14.6. The molecular formula is C13H23N5O2. The largest absolute Gasteiger partial charge is 0.463 e. The van der Waals surface area contributed by atoms with Gasteiger partial charge in [0.05, 0.1) is 18.2 Å². The second-order valence-corrected chi connectivity index (χ2v) is 5.17. The van der Waals surface area contributed by atoms with E-state index < -0.39 is 0 Å². The molecule has 1 aromatic heterocycles. The summed E-state index contributed by atoms with van der Waals surface area (Å²) in [4.78, 5) is 12.8. The van der Waals surface area contributed by atoms with Gasteiger partial charge in [0.15, 0.2) is 0 Å². The molecule has 0 spiro atoms. The van der Waals surface area contributed by atoms with E-state index in [0.29, 0.717) is 24.5 Å². The van der Waals surface area contributed by atoms with Gasteiger partial charge in [0.25, 0.3) is 0 Å². The van der Waals surface area contributed by atoms with Crippen molar-refractivity contribution < 1.29 is 9.47 Å². The van der Waals surface area contributed by atoms with Gasteiger partial charge in [-0.05, 0) is 26.7 Å². The molecule has 112 valence electrons. The van der Waals surface area contributed by atoms with Crippen LogP contribution in [-0.4, -0.2) is 46.9 Å². The molecule has 2 heterocycles. The number of hydrogen-bond acceptors (Lipinski definition) is 7. The summed E-state index contributed by atoms with van der Waals surface area (Å²) in [5, 5.41) is 6.27. The standard InChI is InChI=1S/C13H23N5O2/c1-5-7-20-12-16-10(14-4)15-11(17-12)18-13(3)6-8-19-9(13)2/h9H,5-8H2,1-4H3,(H2,14,15,16,17,18). The predicted octanol–water partition coefficient (Wildman–Crippen LogP) is 1.68. The molecular weight excluding hydrogens is 258 g/mol. The summed E-state index contributed by atoms with van der Waals surface area (Å²) < 4.78 is 11.1.